The van der Waals surface area contributed by atoms with Gasteiger partial charge in [-0.05, 0) is 47.9 Å². The molecule has 2 N–H and O–H groups in total. The molecule has 1 atom stereocenters. The minimum atomic E-state index is -0.989. The van der Waals surface area contributed by atoms with E-state index in [-0.39, 0.29) is 24.2 Å². The number of nitrogens with zero attached hydrogens (tertiary/aromatic N) is 2. The largest absolute Gasteiger partial charge is 0.447 e. The number of aromatic nitrogens is 1. The van der Waals surface area contributed by atoms with Gasteiger partial charge in [0.15, 0.2) is 6.23 Å². The maximum atomic E-state index is 13.2. The Hall–Kier alpha value is -4.15. The molecule has 3 aromatic carbocycles. The van der Waals surface area contributed by atoms with Crippen molar-refractivity contribution < 1.29 is 23.9 Å². The van der Waals surface area contributed by atoms with Crippen LogP contribution in [0.15, 0.2) is 91.1 Å². The number of nitrogens with one attached hydrogen (secondary N) is 2. The van der Waals surface area contributed by atoms with Crippen LogP contribution in [0.3, 0.4) is 0 Å². The maximum Gasteiger partial charge on any atom is 0.416 e. The molecule has 0 aliphatic heterocycles. The SMILES string of the molecule is O=C(Nc1cccc2ccccc12)OCCN(C(=O)OC(CBr)NC(=O)c1ccccn1)c1ccc(Cl)cc1. The van der Waals surface area contributed by atoms with E-state index in [1.165, 1.54) is 11.1 Å². The fraction of sp³-hybridized carbons (Fsp3) is 0.143. The number of amides is 3. The second-order valence-electron chi connectivity index (χ2n) is 8.13. The van der Waals surface area contributed by atoms with E-state index >= 15 is 0 Å². The molecule has 1 aromatic heterocycles. The van der Waals surface area contributed by atoms with Crippen LogP contribution in [0, 0.1) is 0 Å². The summed E-state index contributed by atoms with van der Waals surface area (Å²) in [5.74, 6) is -0.501. The van der Waals surface area contributed by atoms with Crippen LogP contribution in [-0.4, -0.2) is 47.8 Å². The van der Waals surface area contributed by atoms with E-state index in [4.69, 9.17) is 21.1 Å². The van der Waals surface area contributed by atoms with Crippen LogP contribution in [0.2, 0.25) is 5.02 Å². The van der Waals surface area contributed by atoms with E-state index in [0.29, 0.717) is 16.4 Å². The first-order chi connectivity index (χ1) is 18.9. The molecule has 3 amide bonds. The summed E-state index contributed by atoms with van der Waals surface area (Å²) in [6.45, 7) is -0.153. The molecular weight excluding hydrogens is 588 g/mol. The van der Waals surface area contributed by atoms with Gasteiger partial charge in [-0.25, -0.2) is 9.59 Å². The van der Waals surface area contributed by atoms with Crippen molar-refractivity contribution in [1.29, 1.82) is 0 Å². The number of ether oxygens (including phenoxy) is 2. The van der Waals surface area contributed by atoms with Crippen LogP contribution in [0.5, 0.6) is 0 Å². The van der Waals surface area contributed by atoms with Gasteiger partial charge in [-0.1, -0.05) is 70.0 Å². The van der Waals surface area contributed by atoms with Crippen LogP contribution < -0.4 is 15.5 Å². The summed E-state index contributed by atoms with van der Waals surface area (Å²) < 4.78 is 10.9. The van der Waals surface area contributed by atoms with Gasteiger partial charge in [0.25, 0.3) is 5.91 Å². The molecule has 0 saturated heterocycles. The zero-order chi connectivity index (χ0) is 27.6. The molecule has 9 nitrogen and oxygen atoms in total. The molecule has 4 aromatic rings. The smallest absolute Gasteiger partial charge is 0.416 e. The Morgan fingerprint density at radius 2 is 1.69 bits per heavy atom. The molecule has 0 saturated carbocycles. The lowest BCUT2D eigenvalue weighted by Crippen LogP contribution is -2.44. The average Bonchev–Trinajstić information content (AvgIpc) is 2.96. The van der Waals surface area contributed by atoms with Crippen molar-refractivity contribution in [1.82, 2.24) is 10.3 Å². The van der Waals surface area contributed by atoms with E-state index in [0.717, 1.165) is 10.8 Å². The van der Waals surface area contributed by atoms with Crippen LogP contribution in [-0.2, 0) is 9.47 Å². The molecule has 200 valence electrons. The molecular formula is C28H24BrClN4O5. The van der Waals surface area contributed by atoms with Crippen molar-refractivity contribution in [3.63, 3.8) is 0 Å². The van der Waals surface area contributed by atoms with Gasteiger partial charge in [0.2, 0.25) is 0 Å². The standard InChI is InChI=1S/C28H24BrClN4O5/c29-18-25(33-26(35)24-9-3-4-15-31-24)39-28(37)34(21-13-11-20(30)12-14-21)16-17-38-27(36)32-23-10-5-7-19-6-1-2-8-22(19)23/h1-15,25H,16-18H2,(H,32,36)(H,33,35). The van der Waals surface area contributed by atoms with Gasteiger partial charge in [-0.2, -0.15) is 0 Å². The highest BCUT2D eigenvalue weighted by atomic mass is 79.9. The predicted molar refractivity (Wildman–Crippen MR) is 153 cm³/mol. The van der Waals surface area contributed by atoms with Crippen molar-refractivity contribution in [3.05, 3.63) is 102 Å². The number of hydrogen-bond acceptors (Lipinski definition) is 6. The van der Waals surface area contributed by atoms with Gasteiger partial charge in [0, 0.05) is 22.3 Å². The van der Waals surface area contributed by atoms with Gasteiger partial charge < -0.3 is 14.8 Å². The van der Waals surface area contributed by atoms with Crippen LogP contribution >= 0.6 is 27.5 Å². The van der Waals surface area contributed by atoms with E-state index < -0.39 is 24.3 Å². The molecule has 4 rings (SSSR count). The first-order valence-corrected chi connectivity index (χ1v) is 13.4. The molecule has 39 heavy (non-hydrogen) atoms. The second kappa shape index (κ2) is 13.6. The summed E-state index contributed by atoms with van der Waals surface area (Å²) in [5.41, 5.74) is 1.25. The molecule has 11 heteroatoms. The number of fused-ring (bicyclic) bond motifs is 1. The lowest BCUT2D eigenvalue weighted by Gasteiger charge is -2.25. The minimum absolute atomic E-state index is 0.0212. The fourth-order valence-electron chi connectivity index (χ4n) is 3.66. The zero-order valence-electron chi connectivity index (χ0n) is 20.6. The Morgan fingerprint density at radius 3 is 2.44 bits per heavy atom. The molecule has 1 heterocycles. The Bertz CT molecular complexity index is 1430. The van der Waals surface area contributed by atoms with Gasteiger partial charge in [-0.3, -0.25) is 20.0 Å². The van der Waals surface area contributed by atoms with Crippen molar-refractivity contribution in [2.24, 2.45) is 0 Å². The Balaban J connectivity index is 1.39. The fourth-order valence-corrected chi connectivity index (χ4v) is 4.08. The Labute approximate surface area is 238 Å². The summed E-state index contributed by atoms with van der Waals surface area (Å²) in [4.78, 5) is 43.4. The quantitative estimate of drug-likeness (QED) is 0.172. The van der Waals surface area contributed by atoms with E-state index in [1.807, 2.05) is 36.4 Å². The van der Waals surface area contributed by atoms with E-state index in [9.17, 15) is 14.4 Å². The predicted octanol–water partition coefficient (Wildman–Crippen LogP) is 6.23. The molecule has 0 spiro atoms. The molecule has 0 fully saturated rings. The number of benzene rings is 3. The van der Waals surface area contributed by atoms with Gasteiger partial charge >= 0.3 is 12.2 Å². The maximum absolute atomic E-state index is 13.2. The zero-order valence-corrected chi connectivity index (χ0v) is 22.9. The van der Waals surface area contributed by atoms with Gasteiger partial charge in [0.1, 0.15) is 12.3 Å². The van der Waals surface area contributed by atoms with Crippen LogP contribution in [0.25, 0.3) is 10.8 Å². The van der Waals surface area contributed by atoms with Crippen molar-refractivity contribution in [2.45, 2.75) is 6.23 Å². The number of carbonyl (C=O) groups is 3. The third kappa shape index (κ3) is 7.68. The highest BCUT2D eigenvalue weighted by molar-refractivity contribution is 9.09. The summed E-state index contributed by atoms with van der Waals surface area (Å²) >= 11 is 9.27. The first kappa shape index (κ1) is 27.9. The Morgan fingerprint density at radius 1 is 0.949 bits per heavy atom. The van der Waals surface area contributed by atoms with Crippen molar-refractivity contribution in [3.8, 4) is 0 Å². The molecule has 0 radical (unpaired) electrons. The van der Waals surface area contributed by atoms with Crippen molar-refractivity contribution in [2.75, 3.05) is 28.7 Å². The molecule has 0 aliphatic rings. The monoisotopic (exact) mass is 610 g/mol. The number of rotatable bonds is 9. The molecule has 1 unspecified atom stereocenters. The highest BCUT2D eigenvalue weighted by Crippen LogP contribution is 2.23. The molecule has 0 bridgehead atoms. The van der Waals surface area contributed by atoms with E-state index in [1.54, 1.807) is 48.5 Å². The molecule has 0 aliphatic carbocycles. The van der Waals surface area contributed by atoms with Gasteiger partial charge in [0.05, 0.1) is 17.6 Å². The lowest BCUT2D eigenvalue weighted by molar-refractivity contribution is 0.0723. The average molecular weight is 612 g/mol. The summed E-state index contributed by atoms with van der Waals surface area (Å²) in [6.07, 6.45) is -0.932. The number of pyridine rings is 1. The third-order valence-electron chi connectivity index (χ3n) is 5.51. The van der Waals surface area contributed by atoms with Crippen molar-refractivity contribution >= 4 is 67.8 Å². The number of carbonyl (C=O) groups excluding carboxylic acids is 3. The lowest BCUT2D eigenvalue weighted by atomic mass is 10.1. The number of anilines is 2. The number of halogens is 2. The summed E-state index contributed by atoms with van der Waals surface area (Å²) in [7, 11) is 0. The van der Waals surface area contributed by atoms with Crippen LogP contribution in [0.4, 0.5) is 21.0 Å². The van der Waals surface area contributed by atoms with Gasteiger partial charge in [-0.15, -0.1) is 0 Å². The number of hydrogen-bond donors (Lipinski definition) is 2. The minimum Gasteiger partial charge on any atom is -0.447 e. The second-order valence-corrected chi connectivity index (χ2v) is 9.21. The topological polar surface area (TPSA) is 110 Å². The summed E-state index contributed by atoms with van der Waals surface area (Å²) in [5, 5.41) is 7.82. The number of alkyl halides is 1. The van der Waals surface area contributed by atoms with E-state index in [2.05, 4.69) is 31.5 Å². The normalized spacial score (nSPS) is 11.3. The van der Waals surface area contributed by atoms with Crippen LogP contribution in [0.1, 0.15) is 10.5 Å². The summed E-state index contributed by atoms with van der Waals surface area (Å²) in [6, 6.07) is 24.6. The first-order valence-electron chi connectivity index (χ1n) is 11.9. The Kier molecular flexibility index (Phi) is 9.71. The highest BCUT2D eigenvalue weighted by Gasteiger charge is 2.23. The third-order valence-corrected chi connectivity index (χ3v) is 6.35.